The van der Waals surface area contributed by atoms with Crippen molar-refractivity contribution < 1.29 is 72.7 Å². The summed E-state index contributed by atoms with van der Waals surface area (Å²) in [7, 11) is 1.61. The van der Waals surface area contributed by atoms with Crippen molar-refractivity contribution in [2.75, 3.05) is 45.2 Å². The number of benzene rings is 1. The molecule has 0 aromatic heterocycles. The lowest BCUT2D eigenvalue weighted by atomic mass is 9.72. The van der Waals surface area contributed by atoms with Crippen LogP contribution in [0.25, 0.3) is 0 Å². The maximum Gasteiger partial charge on any atom is 0.326 e. The summed E-state index contributed by atoms with van der Waals surface area (Å²) in [6.07, 6.45) is 7.72. The molecule has 81 heavy (non-hydrogen) atoms. The SMILES string of the molecule is CCCNc1ccc(C(=O)NCCCCC(NC(=O)CCC(C)(C)OCCC(C)(C)OCCNC(=O)C(CCC(=O)O)NC(=O)CCC(NC(=O)C2CCCCC2)C(=O)O)C(N)=O)cc1.CNC(=O)CC(C)(C)CC(C)(C)CC(=O)O. The molecule has 1 aromatic carbocycles. The van der Waals surface area contributed by atoms with Gasteiger partial charge in [-0.2, -0.15) is 0 Å². The van der Waals surface area contributed by atoms with Gasteiger partial charge in [-0.3, -0.25) is 43.2 Å². The average molecular weight is 1150 g/mol. The van der Waals surface area contributed by atoms with Crippen LogP contribution in [0.3, 0.4) is 0 Å². The minimum Gasteiger partial charge on any atom is -0.481 e. The van der Waals surface area contributed by atoms with Crippen molar-refractivity contribution in [3.63, 3.8) is 0 Å². The molecular formula is C58H98N8O15. The number of hydrogen-bond donors (Lipinski definition) is 11. The van der Waals surface area contributed by atoms with Crippen molar-refractivity contribution in [3.05, 3.63) is 29.8 Å². The van der Waals surface area contributed by atoms with Crippen LogP contribution in [0.5, 0.6) is 0 Å². The fourth-order valence-corrected chi connectivity index (χ4v) is 9.44. The Labute approximate surface area is 479 Å². The van der Waals surface area contributed by atoms with Crippen LogP contribution in [0, 0.1) is 16.7 Å². The molecule has 0 spiro atoms. The molecule has 7 amide bonds. The Bertz CT molecular complexity index is 2180. The van der Waals surface area contributed by atoms with Gasteiger partial charge in [0.1, 0.15) is 18.1 Å². The van der Waals surface area contributed by atoms with Crippen molar-refractivity contribution in [3.8, 4) is 0 Å². The summed E-state index contributed by atoms with van der Waals surface area (Å²) in [6.45, 7) is 19.0. The number of nitrogens with one attached hydrogen (secondary N) is 7. The topological polar surface area (TPSA) is 360 Å². The predicted molar refractivity (Wildman–Crippen MR) is 307 cm³/mol. The molecule has 0 radical (unpaired) electrons. The molecule has 2 rings (SSSR count). The number of carbonyl (C=O) groups excluding carboxylic acids is 7. The zero-order chi connectivity index (χ0) is 61.4. The predicted octanol–water partition coefficient (Wildman–Crippen LogP) is 5.57. The monoisotopic (exact) mass is 1150 g/mol. The molecule has 1 aromatic rings. The van der Waals surface area contributed by atoms with Crippen molar-refractivity contribution >= 4 is 64.9 Å². The summed E-state index contributed by atoms with van der Waals surface area (Å²) in [4.78, 5) is 121. The van der Waals surface area contributed by atoms with Gasteiger partial charge in [0.15, 0.2) is 0 Å². The van der Waals surface area contributed by atoms with Crippen LogP contribution >= 0.6 is 0 Å². The van der Waals surface area contributed by atoms with E-state index in [2.05, 4.69) is 44.1 Å². The summed E-state index contributed by atoms with van der Waals surface area (Å²) in [5.41, 5.74) is 5.23. The van der Waals surface area contributed by atoms with Gasteiger partial charge < -0.3 is 67.7 Å². The van der Waals surface area contributed by atoms with E-state index in [0.717, 1.165) is 37.9 Å². The zero-order valence-corrected chi connectivity index (χ0v) is 49.9. The number of hydrogen-bond acceptors (Lipinski definition) is 13. The average Bonchev–Trinajstić information content (AvgIpc) is 3.39. The molecule has 460 valence electrons. The largest absolute Gasteiger partial charge is 0.481 e. The summed E-state index contributed by atoms with van der Waals surface area (Å²) in [5.74, 6) is -6.31. The van der Waals surface area contributed by atoms with E-state index in [0.29, 0.717) is 69.9 Å². The highest BCUT2D eigenvalue weighted by Crippen LogP contribution is 2.38. The van der Waals surface area contributed by atoms with Crippen LogP contribution < -0.4 is 43.0 Å². The second-order valence-electron chi connectivity index (χ2n) is 23.8. The number of aliphatic carboxylic acids is 3. The van der Waals surface area contributed by atoms with Crippen molar-refractivity contribution in [1.29, 1.82) is 0 Å². The quantitative estimate of drug-likeness (QED) is 0.0359. The van der Waals surface area contributed by atoms with Gasteiger partial charge in [-0.1, -0.05) is 53.9 Å². The Morgan fingerprint density at radius 1 is 0.617 bits per heavy atom. The van der Waals surface area contributed by atoms with Crippen molar-refractivity contribution in [2.24, 2.45) is 22.5 Å². The van der Waals surface area contributed by atoms with E-state index < -0.39 is 71.4 Å². The highest BCUT2D eigenvalue weighted by Gasteiger charge is 2.33. The van der Waals surface area contributed by atoms with Gasteiger partial charge in [-0.05, 0) is 133 Å². The molecule has 1 fully saturated rings. The lowest BCUT2D eigenvalue weighted by Gasteiger charge is -2.33. The van der Waals surface area contributed by atoms with E-state index in [9.17, 15) is 58.2 Å². The molecule has 3 unspecified atom stereocenters. The van der Waals surface area contributed by atoms with Crippen LogP contribution in [-0.2, 0) is 52.6 Å². The Balaban J connectivity index is 0.00000176. The van der Waals surface area contributed by atoms with Gasteiger partial charge in [0.2, 0.25) is 35.4 Å². The lowest BCUT2D eigenvalue weighted by Crippen LogP contribution is -2.49. The number of rotatable bonds is 39. The summed E-state index contributed by atoms with van der Waals surface area (Å²) < 4.78 is 12.1. The third-order valence-corrected chi connectivity index (χ3v) is 13.7. The fraction of sp³-hybridized carbons (Fsp3) is 0.724. The van der Waals surface area contributed by atoms with E-state index in [1.54, 1.807) is 19.2 Å². The van der Waals surface area contributed by atoms with Gasteiger partial charge in [0, 0.05) is 69.5 Å². The molecule has 1 aliphatic carbocycles. The maximum atomic E-state index is 13.0. The smallest absolute Gasteiger partial charge is 0.326 e. The number of carboxylic acid groups (broad SMARTS) is 3. The van der Waals surface area contributed by atoms with E-state index in [-0.39, 0.29) is 92.2 Å². The van der Waals surface area contributed by atoms with Crippen LogP contribution in [0.2, 0.25) is 0 Å². The number of nitrogens with two attached hydrogens (primary N) is 1. The summed E-state index contributed by atoms with van der Waals surface area (Å²) in [5, 5.41) is 46.8. The minimum atomic E-state index is -1.29. The molecule has 0 bridgehead atoms. The van der Waals surface area contributed by atoms with Crippen LogP contribution in [-0.4, -0.2) is 144 Å². The molecular weight excluding hydrogens is 1050 g/mol. The van der Waals surface area contributed by atoms with Crippen LogP contribution in [0.15, 0.2) is 24.3 Å². The first-order valence-corrected chi connectivity index (χ1v) is 28.5. The van der Waals surface area contributed by atoms with Gasteiger partial charge >= 0.3 is 17.9 Å². The first-order chi connectivity index (χ1) is 37.8. The minimum absolute atomic E-state index is 0.00359. The number of ether oxygens (including phenoxy) is 2. The first-order valence-electron chi connectivity index (χ1n) is 28.5. The number of amides is 7. The summed E-state index contributed by atoms with van der Waals surface area (Å²) in [6, 6.07) is 3.91. The van der Waals surface area contributed by atoms with E-state index >= 15 is 0 Å². The number of primary amides is 1. The standard InChI is InChI=1S/C46H75N7O12.C12H23NO3/c1-6-26-48-33-17-15-32(16-18-33)41(59)49-27-11-10-14-34(40(47)58)51-38(55)23-24-45(2,3)64-29-25-46(4,5)65-30-28-50-43(61)35(20-22-39(56)57)52-37(54)21-19-36(44(62)63)53-42(60)31-12-8-7-9-13-31;1-11(2,6-9(14)13-5)8-12(3,4)7-10(15)16/h15-18,31,34-36,48H,6-14,19-30H2,1-5H3,(H2,47,58)(H,49,59)(H,50,61)(H,51,55)(H,52,54)(H,53,60)(H,56,57)(H,62,63);6-8H2,1-5H3,(H,13,14)(H,15,16). The van der Waals surface area contributed by atoms with Crippen molar-refractivity contribution in [2.45, 2.75) is 214 Å². The number of anilines is 1. The van der Waals surface area contributed by atoms with Crippen LogP contribution in [0.1, 0.15) is 195 Å². The highest BCUT2D eigenvalue weighted by atomic mass is 16.5. The second kappa shape index (κ2) is 36.9. The first kappa shape index (κ1) is 72.7. The van der Waals surface area contributed by atoms with Gasteiger partial charge in [-0.15, -0.1) is 0 Å². The molecule has 0 saturated heterocycles. The zero-order valence-electron chi connectivity index (χ0n) is 49.9. The molecule has 12 N–H and O–H groups in total. The van der Waals surface area contributed by atoms with Crippen LogP contribution in [0.4, 0.5) is 5.69 Å². The molecule has 23 nitrogen and oxygen atoms in total. The van der Waals surface area contributed by atoms with Gasteiger partial charge in [0.05, 0.1) is 30.8 Å². The van der Waals surface area contributed by atoms with E-state index in [1.807, 2.05) is 67.5 Å². The van der Waals surface area contributed by atoms with Gasteiger partial charge in [-0.25, -0.2) is 4.79 Å². The fourth-order valence-electron chi connectivity index (χ4n) is 9.44. The van der Waals surface area contributed by atoms with E-state index in [1.165, 1.54) is 0 Å². The third-order valence-electron chi connectivity index (χ3n) is 13.7. The Hall–Kier alpha value is -6.36. The van der Waals surface area contributed by atoms with Gasteiger partial charge in [0.25, 0.3) is 5.91 Å². The Morgan fingerprint density at radius 3 is 1.78 bits per heavy atom. The molecule has 1 aliphatic rings. The Morgan fingerprint density at radius 2 is 1.20 bits per heavy atom. The molecule has 3 atom stereocenters. The number of unbranched alkanes of at least 4 members (excludes halogenated alkanes) is 1. The molecule has 23 heteroatoms. The third kappa shape index (κ3) is 33.9. The van der Waals surface area contributed by atoms with E-state index in [4.69, 9.17) is 20.3 Å². The maximum absolute atomic E-state index is 13.0. The summed E-state index contributed by atoms with van der Waals surface area (Å²) >= 11 is 0. The normalized spacial score (nSPS) is 14.1. The molecule has 1 saturated carbocycles. The molecule has 0 aliphatic heterocycles. The molecule has 0 heterocycles. The Kier molecular flexibility index (Phi) is 33.1. The number of carbonyl (C=O) groups is 10. The number of carboxylic acids is 3. The second-order valence-corrected chi connectivity index (χ2v) is 23.8. The lowest BCUT2D eigenvalue weighted by molar-refractivity contribution is -0.143. The highest BCUT2D eigenvalue weighted by molar-refractivity contribution is 5.94. The van der Waals surface area contributed by atoms with Crippen molar-refractivity contribution in [1.82, 2.24) is 31.9 Å².